The molecular formula is C20H15FN4OS2. The number of nitrogen functional groups attached to an aromatic ring is 1. The molecule has 5 rings (SSSR count). The number of halogens is 1. The van der Waals surface area contributed by atoms with Gasteiger partial charge in [-0.15, -0.1) is 22.7 Å². The zero-order valence-electron chi connectivity index (χ0n) is 14.7. The molecule has 1 aromatic carbocycles. The monoisotopic (exact) mass is 410 g/mol. The lowest BCUT2D eigenvalue weighted by Gasteiger charge is -2.01. The van der Waals surface area contributed by atoms with E-state index in [4.69, 9.17) is 10.7 Å². The average Bonchev–Trinajstić information content (AvgIpc) is 3.40. The smallest absolute Gasteiger partial charge is 0.269 e. The Morgan fingerprint density at radius 1 is 1.18 bits per heavy atom. The molecule has 0 spiro atoms. The molecule has 0 aliphatic heterocycles. The number of nitrogens with two attached hydrogens (primary N) is 1. The molecule has 0 fully saturated rings. The van der Waals surface area contributed by atoms with E-state index in [1.54, 1.807) is 12.1 Å². The third-order valence-corrected chi connectivity index (χ3v) is 6.69. The lowest BCUT2D eigenvalue weighted by Crippen LogP contribution is -2.11. The lowest BCUT2D eigenvalue weighted by molar-refractivity contribution is 0.103. The van der Waals surface area contributed by atoms with E-state index in [-0.39, 0.29) is 11.7 Å². The summed E-state index contributed by atoms with van der Waals surface area (Å²) in [6.07, 6.45) is 3.11. The maximum atomic E-state index is 13.1. The van der Waals surface area contributed by atoms with Crippen LogP contribution in [0.15, 0.2) is 35.7 Å². The van der Waals surface area contributed by atoms with Gasteiger partial charge in [-0.05, 0) is 55.2 Å². The summed E-state index contributed by atoms with van der Waals surface area (Å²) in [6.45, 7) is 0. The first-order valence-electron chi connectivity index (χ1n) is 8.82. The highest BCUT2D eigenvalue weighted by atomic mass is 32.1. The number of hydrogen-bond acceptors (Lipinski definition) is 6. The standard InChI is InChI=1S/C20H15FN4OS2/c21-12-6-4-10(5-7-12)15-9-27-20(24-15)25-18(26)17-16(22)13-8-11-2-1-3-14(11)23-19(13)28-17/h4-9H,1-3,22H2,(H,24,25,26). The fourth-order valence-corrected chi connectivity index (χ4v) is 5.11. The summed E-state index contributed by atoms with van der Waals surface area (Å²) >= 11 is 2.62. The normalized spacial score (nSPS) is 13.0. The molecule has 5 nitrogen and oxygen atoms in total. The molecule has 4 aromatic rings. The van der Waals surface area contributed by atoms with Crippen molar-refractivity contribution in [1.82, 2.24) is 9.97 Å². The van der Waals surface area contributed by atoms with Gasteiger partial charge in [0, 0.05) is 22.0 Å². The summed E-state index contributed by atoms with van der Waals surface area (Å²) in [4.78, 5) is 23.1. The second-order valence-electron chi connectivity index (χ2n) is 6.64. The van der Waals surface area contributed by atoms with E-state index < -0.39 is 0 Å². The Bertz CT molecular complexity index is 1210. The van der Waals surface area contributed by atoms with Gasteiger partial charge >= 0.3 is 0 Å². The molecular weight excluding hydrogens is 395 g/mol. The molecule has 28 heavy (non-hydrogen) atoms. The van der Waals surface area contributed by atoms with E-state index in [0.29, 0.717) is 21.4 Å². The number of carbonyl (C=O) groups excluding carboxylic acids is 1. The SMILES string of the molecule is Nc1c(C(=O)Nc2nc(-c3ccc(F)cc3)cs2)sc2nc3c(cc12)CCC3. The number of rotatable bonds is 3. The largest absolute Gasteiger partial charge is 0.397 e. The topological polar surface area (TPSA) is 80.9 Å². The molecule has 0 atom stereocenters. The van der Waals surface area contributed by atoms with Gasteiger partial charge in [0.1, 0.15) is 15.5 Å². The number of amides is 1. The van der Waals surface area contributed by atoms with Gasteiger partial charge in [0.25, 0.3) is 5.91 Å². The Morgan fingerprint density at radius 2 is 2.00 bits per heavy atom. The Kier molecular flexibility index (Phi) is 4.10. The summed E-state index contributed by atoms with van der Waals surface area (Å²) in [7, 11) is 0. The van der Waals surface area contributed by atoms with Gasteiger partial charge in [-0.25, -0.2) is 14.4 Å². The number of thiophene rings is 1. The van der Waals surface area contributed by atoms with Crippen molar-refractivity contribution in [3.63, 3.8) is 0 Å². The van der Waals surface area contributed by atoms with E-state index in [1.165, 1.54) is 40.4 Å². The van der Waals surface area contributed by atoms with Gasteiger partial charge in [0.2, 0.25) is 0 Å². The number of pyridine rings is 1. The van der Waals surface area contributed by atoms with Gasteiger partial charge in [0.05, 0.1) is 11.4 Å². The van der Waals surface area contributed by atoms with Crippen LogP contribution in [0.4, 0.5) is 15.2 Å². The second-order valence-corrected chi connectivity index (χ2v) is 8.50. The number of carbonyl (C=O) groups is 1. The quantitative estimate of drug-likeness (QED) is 0.504. The number of fused-ring (bicyclic) bond motifs is 2. The summed E-state index contributed by atoms with van der Waals surface area (Å²) in [5.41, 5.74) is 10.5. The molecule has 8 heteroatoms. The number of benzene rings is 1. The van der Waals surface area contributed by atoms with Gasteiger partial charge in [-0.3, -0.25) is 10.1 Å². The number of aryl methyl sites for hydroxylation is 2. The van der Waals surface area contributed by atoms with E-state index in [1.807, 2.05) is 5.38 Å². The molecule has 3 N–H and O–H groups in total. The predicted octanol–water partition coefficient (Wildman–Crippen LogP) is 4.88. The fourth-order valence-electron chi connectivity index (χ4n) is 3.40. The minimum absolute atomic E-state index is 0.291. The van der Waals surface area contributed by atoms with E-state index in [0.717, 1.165) is 40.7 Å². The summed E-state index contributed by atoms with van der Waals surface area (Å²) in [5, 5.41) is 5.96. The Morgan fingerprint density at radius 3 is 2.82 bits per heavy atom. The van der Waals surface area contributed by atoms with Gasteiger partial charge < -0.3 is 5.73 Å². The van der Waals surface area contributed by atoms with Crippen LogP contribution in [0, 0.1) is 5.82 Å². The highest BCUT2D eigenvalue weighted by molar-refractivity contribution is 7.21. The summed E-state index contributed by atoms with van der Waals surface area (Å²) < 4.78 is 13.1. The maximum Gasteiger partial charge on any atom is 0.269 e. The minimum atomic E-state index is -0.299. The van der Waals surface area contributed by atoms with Crippen molar-refractivity contribution in [2.45, 2.75) is 19.3 Å². The zero-order chi connectivity index (χ0) is 19.3. The van der Waals surface area contributed by atoms with Crippen molar-refractivity contribution in [3.05, 3.63) is 57.7 Å². The Hall–Kier alpha value is -2.84. The van der Waals surface area contributed by atoms with Crippen molar-refractivity contribution >= 4 is 49.6 Å². The van der Waals surface area contributed by atoms with Crippen LogP contribution >= 0.6 is 22.7 Å². The minimum Gasteiger partial charge on any atom is -0.397 e. The molecule has 1 aliphatic carbocycles. The first-order valence-corrected chi connectivity index (χ1v) is 10.5. The first-order chi connectivity index (χ1) is 13.6. The van der Waals surface area contributed by atoms with Crippen LogP contribution in [0.2, 0.25) is 0 Å². The molecule has 3 heterocycles. The second kappa shape index (κ2) is 6.65. The number of hydrogen-bond donors (Lipinski definition) is 2. The number of anilines is 2. The van der Waals surface area contributed by atoms with Gasteiger partial charge in [0.15, 0.2) is 5.13 Å². The van der Waals surface area contributed by atoms with Crippen LogP contribution < -0.4 is 11.1 Å². The highest BCUT2D eigenvalue weighted by Gasteiger charge is 2.21. The van der Waals surface area contributed by atoms with Gasteiger partial charge in [-0.2, -0.15) is 0 Å². The van der Waals surface area contributed by atoms with Crippen LogP contribution in [-0.4, -0.2) is 15.9 Å². The zero-order valence-corrected chi connectivity index (χ0v) is 16.3. The number of nitrogens with zero attached hydrogens (tertiary/aromatic N) is 2. The number of nitrogens with one attached hydrogen (secondary N) is 1. The van der Waals surface area contributed by atoms with Crippen molar-refractivity contribution < 1.29 is 9.18 Å². The summed E-state index contributed by atoms with van der Waals surface area (Å²) in [5.74, 6) is -0.590. The average molecular weight is 410 g/mol. The van der Waals surface area contributed by atoms with Crippen LogP contribution in [0.1, 0.15) is 27.3 Å². The molecule has 0 radical (unpaired) electrons. The van der Waals surface area contributed by atoms with Crippen LogP contribution in [-0.2, 0) is 12.8 Å². The van der Waals surface area contributed by atoms with Crippen molar-refractivity contribution in [1.29, 1.82) is 0 Å². The maximum absolute atomic E-state index is 13.1. The Balaban J connectivity index is 1.41. The molecule has 0 bridgehead atoms. The third kappa shape index (κ3) is 2.94. The van der Waals surface area contributed by atoms with Crippen molar-refractivity contribution in [3.8, 4) is 11.3 Å². The Labute approximate surface area is 168 Å². The molecule has 140 valence electrons. The highest BCUT2D eigenvalue weighted by Crippen LogP contribution is 2.36. The van der Waals surface area contributed by atoms with E-state index in [2.05, 4.69) is 16.4 Å². The van der Waals surface area contributed by atoms with E-state index in [9.17, 15) is 9.18 Å². The molecule has 3 aromatic heterocycles. The number of thiazole rings is 1. The van der Waals surface area contributed by atoms with Gasteiger partial charge in [-0.1, -0.05) is 0 Å². The molecule has 0 saturated carbocycles. The first kappa shape index (κ1) is 17.3. The molecule has 1 amide bonds. The predicted molar refractivity (Wildman–Crippen MR) is 112 cm³/mol. The molecule has 0 unspecified atom stereocenters. The van der Waals surface area contributed by atoms with Crippen molar-refractivity contribution in [2.24, 2.45) is 0 Å². The fraction of sp³-hybridized carbons (Fsp3) is 0.150. The van der Waals surface area contributed by atoms with Crippen LogP contribution in [0.5, 0.6) is 0 Å². The third-order valence-electron chi connectivity index (χ3n) is 4.82. The molecule has 0 saturated heterocycles. The lowest BCUT2D eigenvalue weighted by atomic mass is 10.1. The van der Waals surface area contributed by atoms with Crippen LogP contribution in [0.3, 0.4) is 0 Å². The van der Waals surface area contributed by atoms with Crippen molar-refractivity contribution in [2.75, 3.05) is 11.1 Å². The van der Waals surface area contributed by atoms with E-state index >= 15 is 0 Å². The van der Waals surface area contributed by atoms with Crippen LogP contribution in [0.25, 0.3) is 21.5 Å². The summed E-state index contributed by atoms with van der Waals surface area (Å²) in [6, 6.07) is 8.16. The molecule has 1 aliphatic rings. The number of aromatic nitrogens is 2.